The highest BCUT2D eigenvalue weighted by Crippen LogP contribution is 2.24. The van der Waals surface area contributed by atoms with Gasteiger partial charge in [-0.2, -0.15) is 0 Å². The molecule has 0 spiro atoms. The van der Waals surface area contributed by atoms with Gasteiger partial charge in [0.15, 0.2) is 0 Å². The average Bonchev–Trinajstić information content (AvgIpc) is 2.57. The number of benzene rings is 1. The van der Waals surface area contributed by atoms with Gasteiger partial charge in [0.25, 0.3) is 5.69 Å². The van der Waals surface area contributed by atoms with E-state index in [0.717, 1.165) is 31.2 Å². The second-order valence-corrected chi connectivity index (χ2v) is 6.73. The van der Waals surface area contributed by atoms with Crippen molar-refractivity contribution in [2.75, 3.05) is 5.32 Å². The van der Waals surface area contributed by atoms with Gasteiger partial charge >= 0.3 is 0 Å². The van der Waals surface area contributed by atoms with Crippen LogP contribution in [-0.4, -0.2) is 34.9 Å². The number of nitrogens with zero attached hydrogens (tertiary/aromatic N) is 1. The van der Waals surface area contributed by atoms with E-state index in [9.17, 15) is 19.7 Å². The summed E-state index contributed by atoms with van der Waals surface area (Å²) in [6, 6.07) is 4.11. The number of amides is 2. The minimum Gasteiger partial charge on any atom is -0.350 e. The first-order valence-corrected chi connectivity index (χ1v) is 8.55. The lowest BCUT2D eigenvalue weighted by molar-refractivity contribution is -0.384. The number of fused-ring (bicyclic) bond motifs is 1. The Kier molecular flexibility index (Phi) is 4.98. The zero-order chi connectivity index (χ0) is 18.0. The number of rotatable bonds is 4. The number of piperazine rings is 1. The van der Waals surface area contributed by atoms with Crippen LogP contribution in [0.3, 0.4) is 0 Å². The Labute approximate surface area is 145 Å². The van der Waals surface area contributed by atoms with Gasteiger partial charge in [0.1, 0.15) is 0 Å². The maximum Gasteiger partial charge on any atom is 0.271 e. The third-order valence-electron chi connectivity index (χ3n) is 4.92. The number of aryl methyl sites for hydroxylation is 1. The summed E-state index contributed by atoms with van der Waals surface area (Å²) in [5.41, 5.74) is 1.04. The monoisotopic (exact) mass is 346 g/mol. The maximum absolute atomic E-state index is 12.3. The predicted octanol–water partition coefficient (Wildman–Crippen LogP) is 1.63. The smallest absolute Gasteiger partial charge is 0.271 e. The van der Waals surface area contributed by atoms with Gasteiger partial charge in [-0.1, -0.05) is 18.9 Å². The fourth-order valence-electron chi connectivity index (χ4n) is 3.52. The van der Waals surface area contributed by atoms with E-state index in [4.69, 9.17) is 0 Å². The number of nitrogens with one attached hydrogen (secondary N) is 3. The molecular formula is C17H22N4O4. The normalized spacial score (nSPS) is 25.6. The summed E-state index contributed by atoms with van der Waals surface area (Å²) in [6.07, 6.45) is 4.19. The number of nitro benzene ring substituents is 1. The molecule has 1 saturated carbocycles. The first-order chi connectivity index (χ1) is 11.9. The zero-order valence-corrected chi connectivity index (χ0v) is 14.1. The van der Waals surface area contributed by atoms with Crippen LogP contribution in [0.25, 0.3) is 0 Å². The van der Waals surface area contributed by atoms with Gasteiger partial charge in [0.05, 0.1) is 23.1 Å². The number of nitro groups is 1. The summed E-state index contributed by atoms with van der Waals surface area (Å²) >= 11 is 0. The van der Waals surface area contributed by atoms with E-state index >= 15 is 0 Å². The van der Waals surface area contributed by atoms with Crippen molar-refractivity contribution in [1.82, 2.24) is 10.6 Å². The highest BCUT2D eigenvalue weighted by atomic mass is 16.6. The Morgan fingerprint density at radius 3 is 2.76 bits per heavy atom. The molecule has 1 aromatic carbocycles. The summed E-state index contributed by atoms with van der Waals surface area (Å²) in [6.45, 7) is 1.76. The van der Waals surface area contributed by atoms with Crippen molar-refractivity contribution < 1.29 is 14.5 Å². The van der Waals surface area contributed by atoms with Crippen molar-refractivity contribution in [3.63, 3.8) is 0 Å². The lowest BCUT2D eigenvalue weighted by Crippen LogP contribution is -2.65. The van der Waals surface area contributed by atoms with E-state index in [2.05, 4.69) is 16.0 Å². The van der Waals surface area contributed by atoms with Crippen molar-refractivity contribution >= 4 is 23.2 Å². The third-order valence-corrected chi connectivity index (χ3v) is 4.92. The number of carbonyl (C=O) groups is 2. The molecule has 25 heavy (non-hydrogen) atoms. The standard InChI is InChI=1S/C17H22N4O4/c1-10-6-7-11(21(24)25)8-14(10)19-16(22)9-15-17(23)20-13-5-3-2-4-12(13)18-15/h6-8,12-13,15,18H,2-5,9H2,1H3,(H,19,22)(H,20,23)/t12-,13+,15-/m0/s1. The highest BCUT2D eigenvalue weighted by molar-refractivity contribution is 5.96. The Morgan fingerprint density at radius 2 is 2.04 bits per heavy atom. The van der Waals surface area contributed by atoms with Gasteiger partial charge in [0.2, 0.25) is 11.8 Å². The van der Waals surface area contributed by atoms with Crippen LogP contribution in [0.4, 0.5) is 11.4 Å². The number of hydrogen-bond acceptors (Lipinski definition) is 5. The summed E-state index contributed by atoms with van der Waals surface area (Å²) < 4.78 is 0. The fraction of sp³-hybridized carbons (Fsp3) is 0.529. The van der Waals surface area contributed by atoms with Crippen LogP contribution in [0.2, 0.25) is 0 Å². The number of anilines is 1. The second kappa shape index (κ2) is 7.18. The van der Waals surface area contributed by atoms with Crippen molar-refractivity contribution in [3.8, 4) is 0 Å². The molecule has 134 valence electrons. The molecule has 1 aromatic rings. The summed E-state index contributed by atoms with van der Waals surface area (Å²) in [5, 5.41) is 19.8. The molecule has 1 aliphatic heterocycles. The lowest BCUT2D eigenvalue weighted by atomic mass is 9.87. The van der Waals surface area contributed by atoms with Gasteiger partial charge in [-0.05, 0) is 25.3 Å². The molecule has 0 bridgehead atoms. The largest absolute Gasteiger partial charge is 0.350 e. The molecule has 0 unspecified atom stereocenters. The van der Waals surface area contributed by atoms with Crippen LogP contribution in [0.5, 0.6) is 0 Å². The van der Waals surface area contributed by atoms with E-state index in [-0.39, 0.29) is 36.0 Å². The first-order valence-electron chi connectivity index (χ1n) is 8.55. The molecule has 0 radical (unpaired) electrons. The molecule has 3 atom stereocenters. The van der Waals surface area contributed by atoms with E-state index in [0.29, 0.717) is 5.69 Å². The molecule has 1 aliphatic carbocycles. The average molecular weight is 346 g/mol. The van der Waals surface area contributed by atoms with Gasteiger partial charge < -0.3 is 16.0 Å². The quantitative estimate of drug-likeness (QED) is 0.566. The molecule has 3 rings (SSSR count). The Hall–Kier alpha value is -2.48. The summed E-state index contributed by atoms with van der Waals surface area (Å²) in [5.74, 6) is -0.500. The summed E-state index contributed by atoms with van der Waals surface area (Å²) in [7, 11) is 0. The third kappa shape index (κ3) is 3.96. The van der Waals surface area contributed by atoms with Crippen LogP contribution < -0.4 is 16.0 Å². The minimum atomic E-state index is -0.571. The van der Waals surface area contributed by atoms with E-state index in [1.807, 2.05) is 0 Å². The van der Waals surface area contributed by atoms with E-state index in [1.54, 1.807) is 13.0 Å². The summed E-state index contributed by atoms with van der Waals surface area (Å²) in [4.78, 5) is 34.9. The van der Waals surface area contributed by atoms with Crippen molar-refractivity contribution in [2.45, 2.75) is 57.2 Å². The van der Waals surface area contributed by atoms with Gasteiger partial charge in [-0.25, -0.2) is 0 Å². The molecule has 1 saturated heterocycles. The SMILES string of the molecule is Cc1ccc([N+](=O)[O-])cc1NC(=O)C[C@@H]1N[C@H]2CCCC[C@H]2NC1=O. The maximum atomic E-state index is 12.3. The van der Waals surface area contributed by atoms with E-state index < -0.39 is 11.0 Å². The minimum absolute atomic E-state index is 0.00279. The number of hydrogen-bond donors (Lipinski definition) is 3. The molecule has 8 heteroatoms. The second-order valence-electron chi connectivity index (χ2n) is 6.73. The molecule has 2 aliphatic rings. The Morgan fingerprint density at radius 1 is 1.32 bits per heavy atom. The number of non-ortho nitro benzene ring substituents is 1. The van der Waals surface area contributed by atoms with Crippen molar-refractivity contribution in [2.24, 2.45) is 0 Å². The first kappa shape index (κ1) is 17.3. The molecule has 8 nitrogen and oxygen atoms in total. The molecule has 0 aromatic heterocycles. The van der Waals surface area contributed by atoms with Gasteiger partial charge in [0, 0.05) is 24.2 Å². The van der Waals surface area contributed by atoms with Gasteiger partial charge in [-0.15, -0.1) is 0 Å². The van der Waals surface area contributed by atoms with Crippen LogP contribution in [0.1, 0.15) is 37.7 Å². The predicted molar refractivity (Wildman–Crippen MR) is 92.2 cm³/mol. The Balaban J connectivity index is 1.63. The van der Waals surface area contributed by atoms with Crippen LogP contribution in [-0.2, 0) is 9.59 Å². The van der Waals surface area contributed by atoms with E-state index in [1.165, 1.54) is 12.1 Å². The fourth-order valence-corrected chi connectivity index (χ4v) is 3.52. The van der Waals surface area contributed by atoms with Crippen LogP contribution in [0.15, 0.2) is 18.2 Å². The molecule has 1 heterocycles. The van der Waals surface area contributed by atoms with Crippen LogP contribution in [0, 0.1) is 17.0 Å². The van der Waals surface area contributed by atoms with Crippen LogP contribution >= 0.6 is 0 Å². The van der Waals surface area contributed by atoms with Crippen molar-refractivity contribution in [3.05, 3.63) is 33.9 Å². The number of carbonyl (C=O) groups excluding carboxylic acids is 2. The molecule has 2 fully saturated rings. The molecule has 3 N–H and O–H groups in total. The zero-order valence-electron chi connectivity index (χ0n) is 14.1. The van der Waals surface area contributed by atoms with Crippen molar-refractivity contribution in [1.29, 1.82) is 0 Å². The lowest BCUT2D eigenvalue weighted by Gasteiger charge is -2.40. The highest BCUT2D eigenvalue weighted by Gasteiger charge is 2.37. The molecular weight excluding hydrogens is 324 g/mol. The van der Waals surface area contributed by atoms with Gasteiger partial charge in [-0.3, -0.25) is 19.7 Å². The Bertz CT molecular complexity index is 706. The molecule has 2 amide bonds. The topological polar surface area (TPSA) is 113 Å².